The second kappa shape index (κ2) is 8.00. The standard InChI is InChI=1S/C23H29N3OS/c1-15-12-17(23(3,4)5)13-16(2)19(15)14-28-22-25-24-21(26(22)6)18-10-8-9-11-20(18)27-7/h8-13H,14H2,1-7H3. The topological polar surface area (TPSA) is 39.9 Å². The van der Waals surface area contributed by atoms with E-state index in [1.54, 1.807) is 18.9 Å². The molecule has 0 aliphatic heterocycles. The van der Waals surface area contributed by atoms with Crippen molar-refractivity contribution in [1.82, 2.24) is 14.8 Å². The van der Waals surface area contributed by atoms with E-state index in [1.165, 1.54) is 22.3 Å². The van der Waals surface area contributed by atoms with E-state index >= 15 is 0 Å². The van der Waals surface area contributed by atoms with Crippen LogP contribution in [0.1, 0.15) is 43.0 Å². The minimum Gasteiger partial charge on any atom is -0.496 e. The predicted molar refractivity (Wildman–Crippen MR) is 117 cm³/mol. The van der Waals surface area contributed by atoms with E-state index in [1.807, 2.05) is 35.9 Å². The first-order chi connectivity index (χ1) is 13.2. The lowest BCUT2D eigenvalue weighted by molar-refractivity contribution is 0.416. The van der Waals surface area contributed by atoms with Crippen molar-refractivity contribution in [3.05, 3.63) is 58.7 Å². The van der Waals surface area contributed by atoms with E-state index < -0.39 is 0 Å². The van der Waals surface area contributed by atoms with Gasteiger partial charge in [-0.3, -0.25) is 0 Å². The van der Waals surface area contributed by atoms with Gasteiger partial charge in [-0.2, -0.15) is 0 Å². The lowest BCUT2D eigenvalue weighted by atomic mass is 9.84. The van der Waals surface area contributed by atoms with Crippen LogP contribution in [0.3, 0.4) is 0 Å². The van der Waals surface area contributed by atoms with Gasteiger partial charge in [0.15, 0.2) is 11.0 Å². The second-order valence-corrected chi connectivity index (χ2v) is 9.14. The first-order valence-electron chi connectivity index (χ1n) is 9.48. The van der Waals surface area contributed by atoms with Gasteiger partial charge < -0.3 is 9.30 Å². The van der Waals surface area contributed by atoms with Gasteiger partial charge in [0.1, 0.15) is 5.75 Å². The number of hydrogen-bond donors (Lipinski definition) is 0. The summed E-state index contributed by atoms with van der Waals surface area (Å²) in [6, 6.07) is 12.5. The minimum absolute atomic E-state index is 0.161. The molecule has 28 heavy (non-hydrogen) atoms. The molecule has 148 valence electrons. The third kappa shape index (κ3) is 4.09. The maximum atomic E-state index is 5.48. The Labute approximate surface area is 172 Å². The van der Waals surface area contributed by atoms with Crippen molar-refractivity contribution in [2.75, 3.05) is 7.11 Å². The highest BCUT2D eigenvalue weighted by Crippen LogP contribution is 2.33. The van der Waals surface area contributed by atoms with Crippen LogP contribution in [0.5, 0.6) is 5.75 Å². The van der Waals surface area contributed by atoms with E-state index in [0.29, 0.717) is 0 Å². The highest BCUT2D eigenvalue weighted by atomic mass is 32.2. The number of thioether (sulfide) groups is 1. The van der Waals surface area contributed by atoms with Crippen LogP contribution in [-0.2, 0) is 18.2 Å². The van der Waals surface area contributed by atoms with Crippen molar-refractivity contribution in [3.63, 3.8) is 0 Å². The smallest absolute Gasteiger partial charge is 0.191 e. The van der Waals surface area contributed by atoms with Crippen molar-refractivity contribution >= 4 is 11.8 Å². The number of nitrogens with zero attached hydrogens (tertiary/aromatic N) is 3. The molecule has 0 aliphatic carbocycles. The summed E-state index contributed by atoms with van der Waals surface area (Å²) in [6.07, 6.45) is 0. The van der Waals surface area contributed by atoms with Gasteiger partial charge in [0.2, 0.25) is 0 Å². The Morgan fingerprint density at radius 1 is 1.04 bits per heavy atom. The van der Waals surface area contributed by atoms with Crippen LogP contribution in [0.4, 0.5) is 0 Å². The fourth-order valence-electron chi connectivity index (χ4n) is 3.30. The predicted octanol–water partition coefficient (Wildman–Crippen LogP) is 5.70. The zero-order valence-corrected chi connectivity index (χ0v) is 18.6. The summed E-state index contributed by atoms with van der Waals surface area (Å²) >= 11 is 1.72. The van der Waals surface area contributed by atoms with Gasteiger partial charge >= 0.3 is 0 Å². The molecule has 0 saturated heterocycles. The van der Waals surface area contributed by atoms with Gasteiger partial charge in [-0.05, 0) is 53.6 Å². The van der Waals surface area contributed by atoms with E-state index in [4.69, 9.17) is 4.74 Å². The maximum absolute atomic E-state index is 5.48. The Bertz CT molecular complexity index is 963. The van der Waals surface area contributed by atoms with E-state index in [2.05, 4.69) is 56.9 Å². The number of aryl methyl sites for hydroxylation is 2. The molecule has 5 heteroatoms. The molecular formula is C23H29N3OS. The normalized spacial score (nSPS) is 11.7. The molecule has 0 aliphatic rings. The summed E-state index contributed by atoms with van der Waals surface area (Å²) < 4.78 is 7.51. The van der Waals surface area contributed by atoms with Gasteiger partial charge in [-0.1, -0.05) is 56.8 Å². The summed E-state index contributed by atoms with van der Waals surface area (Å²) in [5.41, 5.74) is 6.55. The molecule has 0 amide bonds. The lowest BCUT2D eigenvalue weighted by Crippen LogP contribution is -2.12. The van der Waals surface area contributed by atoms with E-state index in [-0.39, 0.29) is 5.41 Å². The van der Waals surface area contributed by atoms with Crippen molar-refractivity contribution in [2.24, 2.45) is 7.05 Å². The molecule has 0 unspecified atom stereocenters. The molecule has 0 saturated carbocycles. The average Bonchev–Trinajstić information content (AvgIpc) is 3.00. The third-order valence-electron chi connectivity index (χ3n) is 5.09. The van der Waals surface area contributed by atoms with Gasteiger partial charge in [-0.25, -0.2) is 0 Å². The Balaban J connectivity index is 1.84. The van der Waals surface area contributed by atoms with Gasteiger partial charge in [0, 0.05) is 12.8 Å². The largest absolute Gasteiger partial charge is 0.496 e. The highest BCUT2D eigenvalue weighted by Gasteiger charge is 2.18. The van der Waals surface area contributed by atoms with Gasteiger partial charge in [0.05, 0.1) is 12.7 Å². The number of methoxy groups -OCH3 is 1. The Morgan fingerprint density at radius 3 is 2.29 bits per heavy atom. The number of para-hydroxylation sites is 1. The van der Waals surface area contributed by atoms with Gasteiger partial charge in [0.25, 0.3) is 0 Å². The molecule has 3 aromatic rings. The third-order valence-corrected chi connectivity index (χ3v) is 6.14. The summed E-state index contributed by atoms with van der Waals surface area (Å²) in [7, 11) is 3.68. The van der Waals surface area contributed by atoms with Crippen molar-refractivity contribution in [2.45, 2.75) is 50.9 Å². The monoisotopic (exact) mass is 395 g/mol. The molecule has 1 heterocycles. The van der Waals surface area contributed by atoms with Crippen molar-refractivity contribution in [3.8, 4) is 17.1 Å². The summed E-state index contributed by atoms with van der Waals surface area (Å²) in [5, 5.41) is 9.73. The maximum Gasteiger partial charge on any atom is 0.191 e. The SMILES string of the molecule is COc1ccccc1-c1nnc(SCc2c(C)cc(C(C)(C)C)cc2C)n1C. The molecule has 2 aromatic carbocycles. The number of benzene rings is 2. The molecule has 0 spiro atoms. The van der Waals surface area contributed by atoms with E-state index in [9.17, 15) is 0 Å². The average molecular weight is 396 g/mol. The van der Waals surface area contributed by atoms with Crippen LogP contribution >= 0.6 is 11.8 Å². The fraction of sp³-hybridized carbons (Fsp3) is 0.391. The molecule has 4 nitrogen and oxygen atoms in total. The Hall–Kier alpha value is -2.27. The zero-order chi connectivity index (χ0) is 20.5. The van der Waals surface area contributed by atoms with Crippen LogP contribution in [-0.4, -0.2) is 21.9 Å². The summed E-state index contributed by atoms with van der Waals surface area (Å²) in [4.78, 5) is 0. The zero-order valence-electron chi connectivity index (χ0n) is 17.8. The van der Waals surface area contributed by atoms with Crippen LogP contribution in [0.2, 0.25) is 0 Å². The molecule has 0 N–H and O–H groups in total. The highest BCUT2D eigenvalue weighted by molar-refractivity contribution is 7.98. The van der Waals surface area contributed by atoms with Crippen LogP contribution in [0, 0.1) is 13.8 Å². The fourth-order valence-corrected chi connectivity index (χ4v) is 4.40. The molecular weight excluding hydrogens is 366 g/mol. The summed E-state index contributed by atoms with van der Waals surface area (Å²) in [5.74, 6) is 2.50. The van der Waals surface area contributed by atoms with Crippen LogP contribution in [0.15, 0.2) is 41.6 Å². The quantitative estimate of drug-likeness (QED) is 0.520. The molecule has 0 bridgehead atoms. The number of rotatable bonds is 5. The molecule has 0 radical (unpaired) electrons. The molecule has 3 rings (SSSR count). The van der Waals surface area contributed by atoms with Crippen molar-refractivity contribution in [1.29, 1.82) is 0 Å². The first-order valence-corrected chi connectivity index (χ1v) is 10.5. The van der Waals surface area contributed by atoms with Gasteiger partial charge in [-0.15, -0.1) is 10.2 Å². The number of ether oxygens (including phenoxy) is 1. The summed E-state index contributed by atoms with van der Waals surface area (Å²) in [6.45, 7) is 11.2. The second-order valence-electron chi connectivity index (χ2n) is 8.19. The van der Waals surface area contributed by atoms with E-state index in [0.717, 1.165) is 28.0 Å². The minimum atomic E-state index is 0.161. The number of aromatic nitrogens is 3. The molecule has 0 atom stereocenters. The Kier molecular flexibility index (Phi) is 5.84. The molecule has 0 fully saturated rings. The van der Waals surface area contributed by atoms with Crippen LogP contribution in [0.25, 0.3) is 11.4 Å². The molecule has 1 aromatic heterocycles. The first kappa shape index (κ1) is 20.5. The number of hydrogen-bond acceptors (Lipinski definition) is 4. The Morgan fingerprint density at radius 2 is 1.68 bits per heavy atom. The lowest BCUT2D eigenvalue weighted by Gasteiger charge is -2.22. The van der Waals surface area contributed by atoms with Crippen molar-refractivity contribution < 1.29 is 4.74 Å². The van der Waals surface area contributed by atoms with Crippen LogP contribution < -0.4 is 4.74 Å².